The van der Waals surface area contributed by atoms with Crippen LogP contribution in [0.3, 0.4) is 0 Å². The van der Waals surface area contributed by atoms with Crippen molar-refractivity contribution in [2.24, 2.45) is 0 Å². The lowest BCUT2D eigenvalue weighted by atomic mass is 10.0. The van der Waals surface area contributed by atoms with Crippen LogP contribution in [0.1, 0.15) is 27.7 Å². The first-order chi connectivity index (χ1) is 8.95. The number of nitrogens with zero attached hydrogens (tertiary/aromatic N) is 1. The van der Waals surface area contributed by atoms with Crippen molar-refractivity contribution in [2.75, 3.05) is 13.2 Å². The Morgan fingerprint density at radius 2 is 2.05 bits per heavy atom. The second-order valence-corrected chi connectivity index (χ2v) is 11.8. The van der Waals surface area contributed by atoms with E-state index < -0.39 is 20.5 Å². The number of amides is 1. The second-order valence-electron chi connectivity index (χ2n) is 7.00. The van der Waals surface area contributed by atoms with Crippen molar-refractivity contribution in [3.63, 3.8) is 0 Å². The van der Waals surface area contributed by atoms with Gasteiger partial charge in [0, 0.05) is 0 Å². The third-order valence-electron chi connectivity index (χ3n) is 4.42. The van der Waals surface area contributed by atoms with Gasteiger partial charge in [-0.25, -0.2) is 4.79 Å². The van der Waals surface area contributed by atoms with Crippen molar-refractivity contribution < 1.29 is 19.4 Å². The van der Waals surface area contributed by atoms with Gasteiger partial charge in [0.15, 0.2) is 8.32 Å². The monoisotopic (exact) mass is 301 g/mol. The maximum Gasteiger partial charge on any atom is 0.407 e. The fraction of sp³-hybridized carbons (Fsp3) is 0.786. The first kappa shape index (κ1) is 17.2. The molecule has 0 radical (unpaired) electrons. The van der Waals surface area contributed by atoms with E-state index in [1.165, 1.54) is 4.90 Å². The van der Waals surface area contributed by atoms with Crippen LogP contribution in [0.15, 0.2) is 11.6 Å². The van der Waals surface area contributed by atoms with Crippen LogP contribution in [-0.2, 0) is 4.43 Å². The Morgan fingerprint density at radius 1 is 1.50 bits per heavy atom. The molecule has 1 aliphatic rings. The summed E-state index contributed by atoms with van der Waals surface area (Å²) in [6, 6.07) is -0.315. The third kappa shape index (κ3) is 3.83. The maximum absolute atomic E-state index is 11.3. The van der Waals surface area contributed by atoms with Crippen LogP contribution in [0, 0.1) is 0 Å². The molecule has 0 fully saturated rings. The molecule has 2 N–H and O–H groups in total. The van der Waals surface area contributed by atoms with Gasteiger partial charge in [-0.15, -0.1) is 0 Å². The molecule has 1 amide bonds. The van der Waals surface area contributed by atoms with Gasteiger partial charge in [-0.3, -0.25) is 4.90 Å². The molecule has 0 spiro atoms. The van der Waals surface area contributed by atoms with Crippen LogP contribution in [0.25, 0.3) is 0 Å². The number of aliphatic hydroxyl groups is 1. The molecular weight excluding hydrogens is 274 g/mol. The first-order valence-electron chi connectivity index (χ1n) is 6.95. The summed E-state index contributed by atoms with van der Waals surface area (Å²) in [5.41, 5.74) is 0.811. The predicted octanol–water partition coefficient (Wildman–Crippen LogP) is 2.68. The number of carbonyl (C=O) groups is 1. The lowest BCUT2D eigenvalue weighted by Crippen LogP contribution is -2.51. The second kappa shape index (κ2) is 5.87. The van der Waals surface area contributed by atoms with Gasteiger partial charge in [0.25, 0.3) is 0 Å². The van der Waals surface area contributed by atoms with Crippen LogP contribution < -0.4 is 0 Å². The van der Waals surface area contributed by atoms with Crippen molar-refractivity contribution in [2.45, 2.75) is 58.0 Å². The average Bonchev–Trinajstić information content (AvgIpc) is 2.28. The Hall–Kier alpha value is -0.853. The SMILES string of the molecule is CC1=CC(CO[Si](C)(C)C(C)(C)C)N(C(=O)O)CC1O. The van der Waals surface area contributed by atoms with Crippen LogP contribution in [0.4, 0.5) is 4.79 Å². The highest BCUT2D eigenvalue weighted by atomic mass is 28.4. The zero-order chi connectivity index (χ0) is 15.7. The Balaban J connectivity index is 2.81. The molecule has 0 aromatic heterocycles. The molecule has 0 aromatic rings. The van der Waals surface area contributed by atoms with Gasteiger partial charge in [0.1, 0.15) is 0 Å². The minimum Gasteiger partial charge on any atom is -0.465 e. The zero-order valence-corrected chi connectivity index (χ0v) is 14.3. The molecule has 0 aromatic carbocycles. The van der Waals surface area contributed by atoms with Crippen LogP contribution in [0.5, 0.6) is 0 Å². The molecular formula is C14H27NO4Si. The quantitative estimate of drug-likeness (QED) is 0.621. The van der Waals surface area contributed by atoms with Crippen molar-refractivity contribution in [1.29, 1.82) is 0 Å². The van der Waals surface area contributed by atoms with Crippen LogP contribution >= 0.6 is 0 Å². The van der Waals surface area contributed by atoms with Gasteiger partial charge < -0.3 is 14.6 Å². The van der Waals surface area contributed by atoms with Crippen LogP contribution in [0.2, 0.25) is 18.1 Å². The van der Waals surface area contributed by atoms with E-state index >= 15 is 0 Å². The van der Waals surface area contributed by atoms with Gasteiger partial charge in [-0.05, 0) is 30.6 Å². The lowest BCUT2D eigenvalue weighted by molar-refractivity contribution is 0.0732. The predicted molar refractivity (Wildman–Crippen MR) is 81.4 cm³/mol. The number of β-amino-alcohol motifs (C(OH)–C–C–N with tert-alkyl or cyclic N) is 1. The molecule has 0 aliphatic carbocycles. The molecule has 5 nitrogen and oxygen atoms in total. The molecule has 1 heterocycles. The van der Waals surface area contributed by atoms with Gasteiger partial charge in [0.05, 0.1) is 25.3 Å². The molecule has 0 bridgehead atoms. The van der Waals surface area contributed by atoms with E-state index in [-0.39, 0.29) is 17.6 Å². The summed E-state index contributed by atoms with van der Waals surface area (Å²) >= 11 is 0. The molecule has 2 atom stereocenters. The summed E-state index contributed by atoms with van der Waals surface area (Å²) < 4.78 is 6.11. The van der Waals surface area contributed by atoms with Crippen molar-refractivity contribution in [3.8, 4) is 0 Å². The van der Waals surface area contributed by atoms with E-state index in [2.05, 4.69) is 33.9 Å². The van der Waals surface area contributed by atoms with E-state index in [9.17, 15) is 15.0 Å². The summed E-state index contributed by atoms with van der Waals surface area (Å²) in [4.78, 5) is 12.5. The summed E-state index contributed by atoms with van der Waals surface area (Å²) in [7, 11) is -1.90. The number of hydrogen-bond donors (Lipinski definition) is 2. The van der Waals surface area contributed by atoms with E-state index in [4.69, 9.17) is 4.43 Å². The number of hydrogen-bond acceptors (Lipinski definition) is 3. The van der Waals surface area contributed by atoms with E-state index in [1.54, 1.807) is 6.08 Å². The maximum atomic E-state index is 11.3. The molecule has 1 rings (SSSR count). The molecule has 0 saturated carbocycles. The Kier molecular flexibility index (Phi) is 5.05. The third-order valence-corrected chi connectivity index (χ3v) is 8.92. The highest BCUT2D eigenvalue weighted by molar-refractivity contribution is 6.74. The van der Waals surface area contributed by atoms with Crippen LogP contribution in [-0.4, -0.2) is 54.8 Å². The minimum atomic E-state index is -1.90. The first-order valence-corrected chi connectivity index (χ1v) is 9.86. The molecule has 20 heavy (non-hydrogen) atoms. The number of carboxylic acid groups (broad SMARTS) is 1. The molecule has 2 unspecified atom stereocenters. The van der Waals surface area contributed by atoms with E-state index in [1.807, 2.05) is 6.92 Å². The fourth-order valence-electron chi connectivity index (χ4n) is 1.84. The largest absolute Gasteiger partial charge is 0.465 e. The molecule has 1 aliphatic heterocycles. The normalized spacial score (nSPS) is 24.6. The number of rotatable bonds is 3. The highest BCUT2D eigenvalue weighted by Gasteiger charge is 2.39. The van der Waals surface area contributed by atoms with E-state index in [0.717, 1.165) is 5.57 Å². The van der Waals surface area contributed by atoms with Gasteiger partial charge in [0.2, 0.25) is 0 Å². The van der Waals surface area contributed by atoms with E-state index in [0.29, 0.717) is 6.61 Å². The summed E-state index contributed by atoms with van der Waals surface area (Å²) in [5.74, 6) is 0. The smallest absolute Gasteiger partial charge is 0.407 e. The molecule has 116 valence electrons. The summed E-state index contributed by atoms with van der Waals surface area (Å²) in [6.07, 6.45) is 0.0713. The Bertz CT molecular complexity index is 400. The highest BCUT2D eigenvalue weighted by Crippen LogP contribution is 2.36. The number of aliphatic hydroxyl groups excluding tert-OH is 1. The fourth-order valence-corrected chi connectivity index (χ4v) is 2.86. The Labute approximate surface area is 122 Å². The van der Waals surface area contributed by atoms with Gasteiger partial charge in [-0.1, -0.05) is 26.8 Å². The lowest BCUT2D eigenvalue weighted by Gasteiger charge is -2.40. The average molecular weight is 301 g/mol. The summed E-state index contributed by atoms with van der Waals surface area (Å²) in [5, 5.41) is 19.1. The van der Waals surface area contributed by atoms with Crippen molar-refractivity contribution in [3.05, 3.63) is 11.6 Å². The van der Waals surface area contributed by atoms with Crippen molar-refractivity contribution in [1.82, 2.24) is 4.90 Å². The summed E-state index contributed by atoms with van der Waals surface area (Å²) in [6.45, 7) is 13.0. The minimum absolute atomic E-state index is 0.0913. The standard InChI is InChI=1S/C14H27NO4Si/c1-10-7-11(15(13(17)18)8-12(10)16)9-19-20(5,6)14(2,3)4/h7,11-12,16H,8-9H2,1-6H3,(H,17,18). The molecule has 6 heteroatoms. The topological polar surface area (TPSA) is 70.0 Å². The van der Waals surface area contributed by atoms with Crippen molar-refractivity contribution >= 4 is 14.4 Å². The molecule has 0 saturated heterocycles. The van der Waals surface area contributed by atoms with Gasteiger partial charge in [-0.2, -0.15) is 0 Å². The zero-order valence-electron chi connectivity index (χ0n) is 13.3. The van der Waals surface area contributed by atoms with Gasteiger partial charge >= 0.3 is 6.09 Å². The Morgan fingerprint density at radius 3 is 2.50 bits per heavy atom.